The first-order valence-corrected chi connectivity index (χ1v) is 9.31. The van der Waals surface area contributed by atoms with Crippen LogP contribution in [0.3, 0.4) is 0 Å². The van der Waals surface area contributed by atoms with Crippen LogP contribution in [-0.2, 0) is 12.6 Å². The highest BCUT2D eigenvalue weighted by Crippen LogP contribution is 2.30. The van der Waals surface area contributed by atoms with Crippen LogP contribution in [0.15, 0.2) is 72.8 Å². The zero-order valence-electron chi connectivity index (χ0n) is 15.7. The van der Waals surface area contributed by atoms with Crippen molar-refractivity contribution in [1.82, 2.24) is 0 Å². The van der Waals surface area contributed by atoms with Gasteiger partial charge >= 0.3 is 6.18 Å². The molecule has 7 heteroatoms. The molecule has 2 amide bonds. The number of hydrogen-bond donors (Lipinski definition) is 1. The van der Waals surface area contributed by atoms with E-state index in [0.29, 0.717) is 17.8 Å². The summed E-state index contributed by atoms with van der Waals surface area (Å²) < 4.78 is 37.9. The van der Waals surface area contributed by atoms with E-state index in [1.165, 1.54) is 0 Å². The average molecular weight is 410 g/mol. The Morgan fingerprint density at radius 3 is 2.13 bits per heavy atom. The molecule has 152 valence electrons. The van der Waals surface area contributed by atoms with Gasteiger partial charge in [-0.05, 0) is 66.6 Å². The minimum Gasteiger partial charge on any atom is -0.322 e. The molecule has 0 spiro atoms. The maximum Gasteiger partial charge on any atom is 0.416 e. The fourth-order valence-corrected chi connectivity index (χ4v) is 3.42. The van der Waals surface area contributed by atoms with Crippen LogP contribution in [0.25, 0.3) is 0 Å². The second-order valence-corrected chi connectivity index (χ2v) is 6.94. The minimum absolute atomic E-state index is 0.108. The molecule has 0 bridgehead atoms. The number of amides is 2. The van der Waals surface area contributed by atoms with E-state index in [1.54, 1.807) is 29.2 Å². The summed E-state index contributed by atoms with van der Waals surface area (Å²) in [7, 11) is 0. The van der Waals surface area contributed by atoms with E-state index in [9.17, 15) is 22.8 Å². The van der Waals surface area contributed by atoms with Gasteiger partial charge in [0.25, 0.3) is 11.8 Å². The molecule has 0 fully saturated rings. The molecule has 3 aromatic rings. The van der Waals surface area contributed by atoms with Gasteiger partial charge in [0, 0.05) is 29.0 Å². The fraction of sp³-hybridized carbons (Fsp3) is 0.130. The van der Waals surface area contributed by atoms with Gasteiger partial charge in [-0.1, -0.05) is 18.2 Å². The van der Waals surface area contributed by atoms with Gasteiger partial charge in [-0.2, -0.15) is 13.2 Å². The molecular formula is C23H17F3N2O2. The van der Waals surface area contributed by atoms with Crippen molar-refractivity contribution in [1.29, 1.82) is 0 Å². The predicted molar refractivity (Wildman–Crippen MR) is 108 cm³/mol. The van der Waals surface area contributed by atoms with Crippen LogP contribution in [0.2, 0.25) is 0 Å². The molecule has 30 heavy (non-hydrogen) atoms. The van der Waals surface area contributed by atoms with Crippen molar-refractivity contribution in [3.05, 3.63) is 95.1 Å². The Morgan fingerprint density at radius 2 is 1.47 bits per heavy atom. The van der Waals surface area contributed by atoms with Crippen LogP contribution >= 0.6 is 0 Å². The van der Waals surface area contributed by atoms with Crippen LogP contribution in [0.1, 0.15) is 31.8 Å². The first-order chi connectivity index (χ1) is 14.3. The van der Waals surface area contributed by atoms with E-state index >= 15 is 0 Å². The highest BCUT2D eigenvalue weighted by molar-refractivity contribution is 6.08. The van der Waals surface area contributed by atoms with Gasteiger partial charge in [0.1, 0.15) is 0 Å². The molecule has 1 heterocycles. The Kier molecular flexibility index (Phi) is 5.03. The normalized spacial score (nSPS) is 13.1. The van der Waals surface area contributed by atoms with E-state index in [1.807, 2.05) is 24.3 Å². The lowest BCUT2D eigenvalue weighted by Gasteiger charge is -2.17. The quantitative estimate of drug-likeness (QED) is 0.648. The summed E-state index contributed by atoms with van der Waals surface area (Å²) >= 11 is 0. The summed E-state index contributed by atoms with van der Waals surface area (Å²) in [5, 5.41) is 2.62. The van der Waals surface area contributed by atoms with Crippen LogP contribution < -0.4 is 10.2 Å². The second kappa shape index (κ2) is 7.67. The van der Waals surface area contributed by atoms with E-state index in [4.69, 9.17) is 0 Å². The summed E-state index contributed by atoms with van der Waals surface area (Å²) in [6.07, 6.45) is -3.64. The number of halogens is 3. The van der Waals surface area contributed by atoms with Gasteiger partial charge in [-0.25, -0.2) is 0 Å². The SMILES string of the molecule is O=C(Nc1ccc(C(=O)N2CCc3ccccc32)cc1)c1ccc(C(F)(F)F)cc1. The molecule has 4 nitrogen and oxygen atoms in total. The van der Waals surface area contributed by atoms with Crippen LogP contribution in [0.4, 0.5) is 24.5 Å². The second-order valence-electron chi connectivity index (χ2n) is 6.94. The number of carbonyl (C=O) groups excluding carboxylic acids is 2. The van der Waals surface area contributed by atoms with Crippen molar-refractivity contribution in [2.24, 2.45) is 0 Å². The van der Waals surface area contributed by atoms with Gasteiger partial charge in [0.05, 0.1) is 5.56 Å². The third-order valence-corrected chi connectivity index (χ3v) is 5.00. The lowest BCUT2D eigenvalue weighted by atomic mass is 10.1. The Balaban J connectivity index is 1.44. The first kappa shape index (κ1) is 19.7. The minimum atomic E-state index is -4.45. The Morgan fingerprint density at radius 1 is 0.833 bits per heavy atom. The number of fused-ring (bicyclic) bond motifs is 1. The van der Waals surface area contributed by atoms with Gasteiger partial charge in [0.2, 0.25) is 0 Å². The topological polar surface area (TPSA) is 49.4 Å². The number of hydrogen-bond acceptors (Lipinski definition) is 2. The molecule has 0 saturated carbocycles. The fourth-order valence-electron chi connectivity index (χ4n) is 3.42. The average Bonchev–Trinajstić information content (AvgIpc) is 3.17. The van der Waals surface area contributed by atoms with Gasteiger partial charge < -0.3 is 10.2 Å². The number of anilines is 2. The van der Waals surface area contributed by atoms with Crippen LogP contribution in [0, 0.1) is 0 Å². The molecule has 0 atom stereocenters. The molecular weight excluding hydrogens is 393 g/mol. The van der Waals surface area contributed by atoms with E-state index in [0.717, 1.165) is 41.9 Å². The smallest absolute Gasteiger partial charge is 0.322 e. The number of alkyl halides is 3. The lowest BCUT2D eigenvalue weighted by molar-refractivity contribution is -0.137. The maximum atomic E-state index is 12.8. The highest BCUT2D eigenvalue weighted by atomic mass is 19.4. The monoisotopic (exact) mass is 410 g/mol. The zero-order chi connectivity index (χ0) is 21.3. The van der Waals surface area contributed by atoms with E-state index in [2.05, 4.69) is 5.32 Å². The number of carbonyl (C=O) groups is 2. The molecule has 1 aliphatic rings. The molecule has 1 aliphatic heterocycles. The summed E-state index contributed by atoms with van der Waals surface area (Å²) in [5.41, 5.74) is 2.26. The lowest BCUT2D eigenvalue weighted by Crippen LogP contribution is -2.28. The van der Waals surface area contributed by atoms with Crippen molar-refractivity contribution in [3.63, 3.8) is 0 Å². The summed E-state index contributed by atoms with van der Waals surface area (Å²) in [6, 6.07) is 18.2. The Bertz CT molecular complexity index is 1090. The standard InChI is InChI=1S/C23H17F3N2O2/c24-23(25,26)18-9-5-16(6-10-18)21(29)27-19-11-7-17(8-12-19)22(30)28-14-13-15-3-1-2-4-20(15)28/h1-12H,13-14H2,(H,27,29). The number of nitrogens with one attached hydrogen (secondary N) is 1. The van der Waals surface area contributed by atoms with Crippen LogP contribution in [-0.4, -0.2) is 18.4 Å². The molecule has 0 radical (unpaired) electrons. The largest absolute Gasteiger partial charge is 0.416 e. The summed E-state index contributed by atoms with van der Waals surface area (Å²) in [6.45, 7) is 0.616. The van der Waals surface area contributed by atoms with Gasteiger partial charge in [-0.15, -0.1) is 0 Å². The van der Waals surface area contributed by atoms with Crippen molar-refractivity contribution < 1.29 is 22.8 Å². The molecule has 1 N–H and O–H groups in total. The Hall–Kier alpha value is -3.61. The molecule has 0 unspecified atom stereocenters. The van der Waals surface area contributed by atoms with Gasteiger partial charge in [-0.3, -0.25) is 9.59 Å². The molecule has 0 aliphatic carbocycles. The van der Waals surface area contributed by atoms with Crippen molar-refractivity contribution >= 4 is 23.2 Å². The first-order valence-electron chi connectivity index (χ1n) is 9.31. The number of benzene rings is 3. The maximum absolute atomic E-state index is 12.8. The van der Waals surface area contributed by atoms with Crippen molar-refractivity contribution in [3.8, 4) is 0 Å². The van der Waals surface area contributed by atoms with Gasteiger partial charge in [0.15, 0.2) is 0 Å². The zero-order valence-corrected chi connectivity index (χ0v) is 15.7. The molecule has 4 rings (SSSR count). The van der Waals surface area contributed by atoms with Crippen LogP contribution in [0.5, 0.6) is 0 Å². The molecule has 3 aromatic carbocycles. The van der Waals surface area contributed by atoms with Crippen molar-refractivity contribution in [2.75, 3.05) is 16.8 Å². The predicted octanol–water partition coefficient (Wildman–Crippen LogP) is 5.16. The third kappa shape index (κ3) is 3.91. The number of rotatable bonds is 3. The molecule has 0 aromatic heterocycles. The van der Waals surface area contributed by atoms with Crippen molar-refractivity contribution in [2.45, 2.75) is 12.6 Å². The molecule has 0 saturated heterocycles. The highest BCUT2D eigenvalue weighted by Gasteiger charge is 2.30. The Labute approximate surface area is 170 Å². The number of para-hydroxylation sites is 1. The number of nitrogens with zero attached hydrogens (tertiary/aromatic N) is 1. The summed E-state index contributed by atoms with van der Waals surface area (Å²) in [4.78, 5) is 26.8. The third-order valence-electron chi connectivity index (χ3n) is 5.00. The van der Waals surface area contributed by atoms with E-state index in [-0.39, 0.29) is 11.5 Å². The van der Waals surface area contributed by atoms with E-state index < -0.39 is 17.6 Å². The summed E-state index contributed by atoms with van der Waals surface area (Å²) in [5.74, 6) is -0.656.